The van der Waals surface area contributed by atoms with Crippen LogP contribution in [-0.4, -0.2) is 15.7 Å². The van der Waals surface area contributed by atoms with E-state index in [9.17, 15) is 9.18 Å². The molecular weight excluding hydrogens is 361 g/mol. The summed E-state index contributed by atoms with van der Waals surface area (Å²) < 4.78 is 15.9. The Morgan fingerprint density at radius 2 is 2.00 bits per heavy atom. The van der Waals surface area contributed by atoms with E-state index < -0.39 is 5.82 Å². The summed E-state index contributed by atoms with van der Waals surface area (Å²) in [7, 11) is 0. The number of benzene rings is 2. The molecule has 1 N–H and O–H groups in total. The van der Waals surface area contributed by atoms with Gasteiger partial charge in [0.25, 0.3) is 5.91 Å². The fourth-order valence-corrected chi connectivity index (χ4v) is 2.39. The van der Waals surface area contributed by atoms with Crippen molar-refractivity contribution in [2.24, 2.45) is 0 Å². The zero-order valence-electron chi connectivity index (χ0n) is 12.0. The van der Waals surface area contributed by atoms with E-state index in [2.05, 4.69) is 26.3 Å². The van der Waals surface area contributed by atoms with Crippen LogP contribution in [0, 0.1) is 5.82 Å². The summed E-state index contributed by atoms with van der Waals surface area (Å²) in [5, 5.41) is 6.92. The Kier molecular flexibility index (Phi) is 4.52. The van der Waals surface area contributed by atoms with Crippen molar-refractivity contribution in [3.63, 3.8) is 0 Å². The first kappa shape index (κ1) is 15.4. The largest absolute Gasteiger partial charge is 0.319 e. The third-order valence-electron chi connectivity index (χ3n) is 3.24. The van der Waals surface area contributed by atoms with Gasteiger partial charge < -0.3 is 5.32 Å². The molecule has 1 amide bonds. The molecule has 3 rings (SSSR count). The lowest BCUT2D eigenvalue weighted by Gasteiger charge is -2.03. The highest BCUT2D eigenvalue weighted by Crippen LogP contribution is 2.13. The van der Waals surface area contributed by atoms with Gasteiger partial charge in [-0.3, -0.25) is 9.48 Å². The second-order valence-corrected chi connectivity index (χ2v) is 5.93. The van der Waals surface area contributed by atoms with Crippen LogP contribution < -0.4 is 5.32 Å². The smallest absolute Gasteiger partial charge is 0.255 e. The van der Waals surface area contributed by atoms with E-state index in [1.807, 2.05) is 24.3 Å². The lowest BCUT2D eigenvalue weighted by Crippen LogP contribution is -2.11. The number of hydrogen-bond donors (Lipinski definition) is 1. The fraction of sp³-hybridized carbons (Fsp3) is 0.0588. The minimum absolute atomic E-state index is 0.269. The van der Waals surface area contributed by atoms with E-state index >= 15 is 0 Å². The first-order chi connectivity index (χ1) is 11.1. The minimum Gasteiger partial charge on any atom is -0.319 e. The monoisotopic (exact) mass is 373 g/mol. The van der Waals surface area contributed by atoms with Crippen molar-refractivity contribution in [3.05, 3.63) is 82.3 Å². The summed E-state index contributed by atoms with van der Waals surface area (Å²) in [6.07, 6.45) is 3.30. The second kappa shape index (κ2) is 6.75. The number of rotatable bonds is 4. The minimum atomic E-state index is -0.441. The summed E-state index contributed by atoms with van der Waals surface area (Å²) in [5.74, 6) is -0.809. The van der Waals surface area contributed by atoms with Gasteiger partial charge >= 0.3 is 0 Å². The van der Waals surface area contributed by atoms with Crippen molar-refractivity contribution in [2.75, 3.05) is 5.32 Å². The lowest BCUT2D eigenvalue weighted by molar-refractivity contribution is 0.102. The standard InChI is InChI=1S/C17H13BrFN3O/c18-14-6-4-12(5-7-14)10-22-11-16(9-20-22)21-17(23)13-2-1-3-15(19)8-13/h1-9,11H,10H2,(H,21,23). The van der Waals surface area contributed by atoms with Crippen molar-refractivity contribution in [1.82, 2.24) is 9.78 Å². The highest BCUT2D eigenvalue weighted by atomic mass is 79.9. The maximum Gasteiger partial charge on any atom is 0.255 e. The molecule has 0 atom stereocenters. The summed E-state index contributed by atoms with van der Waals surface area (Å²) in [4.78, 5) is 12.1. The van der Waals surface area contributed by atoms with Gasteiger partial charge in [0.1, 0.15) is 5.82 Å². The Balaban J connectivity index is 1.67. The molecule has 0 aliphatic carbocycles. The van der Waals surface area contributed by atoms with Gasteiger partial charge in [0.05, 0.1) is 18.4 Å². The van der Waals surface area contributed by atoms with Crippen molar-refractivity contribution in [1.29, 1.82) is 0 Å². The van der Waals surface area contributed by atoms with Crippen LogP contribution in [0.2, 0.25) is 0 Å². The van der Waals surface area contributed by atoms with Crippen molar-refractivity contribution in [2.45, 2.75) is 6.54 Å². The van der Waals surface area contributed by atoms with Crippen LogP contribution in [0.3, 0.4) is 0 Å². The first-order valence-corrected chi connectivity index (χ1v) is 7.73. The molecule has 0 saturated heterocycles. The molecule has 4 nitrogen and oxygen atoms in total. The molecular formula is C17H13BrFN3O. The Bertz CT molecular complexity index is 830. The van der Waals surface area contributed by atoms with E-state index in [4.69, 9.17) is 0 Å². The topological polar surface area (TPSA) is 46.9 Å². The van der Waals surface area contributed by atoms with Crippen LogP contribution in [0.4, 0.5) is 10.1 Å². The fourth-order valence-electron chi connectivity index (χ4n) is 2.12. The van der Waals surface area contributed by atoms with Gasteiger partial charge in [-0.05, 0) is 35.9 Å². The number of carbonyl (C=O) groups is 1. The lowest BCUT2D eigenvalue weighted by atomic mass is 10.2. The number of nitrogens with zero attached hydrogens (tertiary/aromatic N) is 2. The van der Waals surface area contributed by atoms with Crippen LogP contribution in [0.1, 0.15) is 15.9 Å². The van der Waals surface area contributed by atoms with E-state index in [1.54, 1.807) is 23.1 Å². The molecule has 23 heavy (non-hydrogen) atoms. The molecule has 0 aliphatic rings. The number of hydrogen-bond acceptors (Lipinski definition) is 2. The predicted octanol–water partition coefficient (Wildman–Crippen LogP) is 4.09. The zero-order chi connectivity index (χ0) is 16.2. The molecule has 1 heterocycles. The zero-order valence-corrected chi connectivity index (χ0v) is 13.6. The van der Waals surface area contributed by atoms with Crippen LogP contribution in [0.25, 0.3) is 0 Å². The maximum atomic E-state index is 13.1. The Hall–Kier alpha value is -2.47. The van der Waals surface area contributed by atoms with Gasteiger partial charge in [-0.15, -0.1) is 0 Å². The Morgan fingerprint density at radius 3 is 2.74 bits per heavy atom. The summed E-state index contributed by atoms with van der Waals surface area (Å²) >= 11 is 3.39. The van der Waals surface area contributed by atoms with E-state index in [0.29, 0.717) is 12.2 Å². The summed E-state index contributed by atoms with van der Waals surface area (Å²) in [6.45, 7) is 0.600. The van der Waals surface area contributed by atoms with Crippen molar-refractivity contribution in [3.8, 4) is 0 Å². The number of carbonyl (C=O) groups excluding carboxylic acids is 1. The van der Waals surface area contributed by atoms with E-state index in [1.165, 1.54) is 18.2 Å². The Morgan fingerprint density at radius 1 is 1.22 bits per heavy atom. The third kappa shape index (κ3) is 4.04. The van der Waals surface area contributed by atoms with Gasteiger partial charge in [-0.25, -0.2) is 4.39 Å². The molecule has 0 fully saturated rings. The average Bonchev–Trinajstić information content (AvgIpc) is 2.96. The molecule has 2 aromatic carbocycles. The number of amides is 1. The molecule has 3 aromatic rings. The highest BCUT2D eigenvalue weighted by molar-refractivity contribution is 9.10. The van der Waals surface area contributed by atoms with Gasteiger partial charge in [-0.2, -0.15) is 5.10 Å². The molecule has 0 unspecified atom stereocenters. The quantitative estimate of drug-likeness (QED) is 0.748. The van der Waals surface area contributed by atoms with Crippen LogP contribution in [-0.2, 0) is 6.54 Å². The third-order valence-corrected chi connectivity index (χ3v) is 3.76. The van der Waals surface area contributed by atoms with E-state index in [0.717, 1.165) is 10.0 Å². The van der Waals surface area contributed by atoms with Gasteiger partial charge in [0.15, 0.2) is 0 Å². The van der Waals surface area contributed by atoms with Crippen molar-refractivity contribution >= 4 is 27.5 Å². The SMILES string of the molecule is O=C(Nc1cnn(Cc2ccc(Br)cc2)c1)c1cccc(F)c1. The molecule has 0 spiro atoms. The van der Waals surface area contributed by atoms with Gasteiger partial charge in [0.2, 0.25) is 0 Å². The van der Waals surface area contributed by atoms with Crippen LogP contribution in [0.15, 0.2) is 65.4 Å². The van der Waals surface area contributed by atoms with Gasteiger partial charge in [-0.1, -0.05) is 34.1 Å². The summed E-state index contributed by atoms with van der Waals surface area (Å²) in [5.41, 5.74) is 1.93. The molecule has 1 aromatic heterocycles. The Labute approximate surface area is 141 Å². The number of halogens is 2. The predicted molar refractivity (Wildman–Crippen MR) is 89.8 cm³/mol. The summed E-state index contributed by atoms with van der Waals surface area (Å²) in [6, 6.07) is 13.5. The molecule has 0 saturated carbocycles. The normalized spacial score (nSPS) is 10.5. The average molecular weight is 374 g/mol. The van der Waals surface area contributed by atoms with Gasteiger partial charge in [0, 0.05) is 16.2 Å². The van der Waals surface area contributed by atoms with Crippen LogP contribution in [0.5, 0.6) is 0 Å². The molecule has 116 valence electrons. The first-order valence-electron chi connectivity index (χ1n) is 6.94. The molecule has 0 bridgehead atoms. The number of anilines is 1. The number of aromatic nitrogens is 2. The number of nitrogens with one attached hydrogen (secondary N) is 1. The maximum absolute atomic E-state index is 13.1. The van der Waals surface area contributed by atoms with E-state index in [-0.39, 0.29) is 11.5 Å². The molecule has 0 aliphatic heterocycles. The highest BCUT2D eigenvalue weighted by Gasteiger charge is 2.08. The second-order valence-electron chi connectivity index (χ2n) is 5.02. The van der Waals surface area contributed by atoms with Crippen LogP contribution >= 0.6 is 15.9 Å². The molecule has 0 radical (unpaired) electrons. The molecule has 6 heteroatoms. The van der Waals surface area contributed by atoms with Crippen molar-refractivity contribution < 1.29 is 9.18 Å².